The van der Waals surface area contributed by atoms with E-state index < -0.39 is 0 Å². The monoisotopic (exact) mass is 298 g/mol. The van der Waals surface area contributed by atoms with E-state index in [0.717, 1.165) is 20.5 Å². The van der Waals surface area contributed by atoms with Gasteiger partial charge in [0.1, 0.15) is 0 Å². The van der Waals surface area contributed by atoms with Gasteiger partial charge in [-0.15, -0.1) is 11.3 Å². The van der Waals surface area contributed by atoms with Crippen LogP contribution in [-0.4, -0.2) is 14.2 Å². The van der Waals surface area contributed by atoms with E-state index in [9.17, 15) is 4.79 Å². The smallest absolute Gasteiger partial charge is 0.188 e. The van der Waals surface area contributed by atoms with E-state index in [0.29, 0.717) is 11.5 Å². The van der Waals surface area contributed by atoms with Gasteiger partial charge in [0.15, 0.2) is 16.9 Å². The minimum Gasteiger partial charge on any atom is -0.493 e. The molecule has 0 aliphatic heterocycles. The quantitative estimate of drug-likeness (QED) is 0.734. The molecule has 0 atom stereocenters. The summed E-state index contributed by atoms with van der Waals surface area (Å²) < 4.78 is 11.5. The van der Waals surface area contributed by atoms with Gasteiger partial charge in [-0.3, -0.25) is 4.79 Å². The van der Waals surface area contributed by atoms with Gasteiger partial charge in [-0.25, -0.2) is 0 Å². The summed E-state index contributed by atoms with van der Waals surface area (Å²) in [5.41, 5.74) is 0.981. The number of hydrogen-bond donors (Lipinski definition) is 0. The summed E-state index contributed by atoms with van der Waals surface area (Å²) in [6.45, 7) is 0. The Balaban J connectivity index is 2.18. The number of hydrogen-bond acceptors (Lipinski definition) is 4. The van der Waals surface area contributed by atoms with Gasteiger partial charge < -0.3 is 9.47 Å². The Kier molecular flexibility index (Phi) is 3.62. The first kappa shape index (κ1) is 13.6. The second kappa shape index (κ2) is 5.58. The first-order valence-corrected chi connectivity index (χ1v) is 7.30. The Morgan fingerprint density at radius 1 is 0.905 bits per heavy atom. The van der Waals surface area contributed by atoms with E-state index in [2.05, 4.69) is 0 Å². The molecule has 0 aliphatic carbocycles. The van der Waals surface area contributed by atoms with Crippen LogP contribution in [0.2, 0.25) is 0 Å². The molecule has 3 nitrogen and oxygen atoms in total. The van der Waals surface area contributed by atoms with E-state index in [1.165, 1.54) is 0 Å². The zero-order valence-corrected chi connectivity index (χ0v) is 12.6. The van der Waals surface area contributed by atoms with Crippen LogP contribution < -0.4 is 14.9 Å². The lowest BCUT2D eigenvalue weighted by molar-refractivity contribution is 0.355. The highest BCUT2D eigenvalue weighted by molar-refractivity contribution is 7.21. The topological polar surface area (TPSA) is 35.5 Å². The molecule has 0 unspecified atom stereocenters. The molecule has 0 spiro atoms. The van der Waals surface area contributed by atoms with Crippen molar-refractivity contribution in [2.75, 3.05) is 14.2 Å². The summed E-state index contributed by atoms with van der Waals surface area (Å²) in [7, 11) is 3.20. The highest BCUT2D eigenvalue weighted by Crippen LogP contribution is 2.34. The van der Waals surface area contributed by atoms with Crippen molar-refractivity contribution in [2.24, 2.45) is 0 Å². The number of benzene rings is 2. The second-order valence-electron chi connectivity index (χ2n) is 4.54. The van der Waals surface area contributed by atoms with Crippen LogP contribution in [0.3, 0.4) is 0 Å². The fourth-order valence-electron chi connectivity index (χ4n) is 2.24. The zero-order chi connectivity index (χ0) is 14.8. The lowest BCUT2D eigenvalue weighted by Gasteiger charge is -2.09. The van der Waals surface area contributed by atoms with Gasteiger partial charge in [-0.2, -0.15) is 0 Å². The van der Waals surface area contributed by atoms with Crippen molar-refractivity contribution < 1.29 is 9.47 Å². The molecule has 1 aromatic heterocycles. The predicted octanol–water partition coefficient (Wildman–Crippen LogP) is 3.95. The van der Waals surface area contributed by atoms with Crippen LogP contribution in [0.5, 0.6) is 11.5 Å². The number of methoxy groups -OCH3 is 2. The summed E-state index contributed by atoms with van der Waals surface area (Å²) in [4.78, 5) is 13.1. The summed E-state index contributed by atoms with van der Waals surface area (Å²) in [6.07, 6.45) is 0. The van der Waals surface area contributed by atoms with Crippen LogP contribution in [0.4, 0.5) is 0 Å². The van der Waals surface area contributed by atoms with Crippen LogP contribution >= 0.6 is 11.3 Å². The molecule has 21 heavy (non-hydrogen) atoms. The minimum atomic E-state index is 0.0362. The Labute approximate surface area is 126 Å². The van der Waals surface area contributed by atoms with Gasteiger partial charge >= 0.3 is 0 Å². The van der Waals surface area contributed by atoms with Crippen molar-refractivity contribution >= 4 is 21.4 Å². The minimum absolute atomic E-state index is 0.0362. The third kappa shape index (κ3) is 2.50. The van der Waals surface area contributed by atoms with Gasteiger partial charge in [0.25, 0.3) is 0 Å². The lowest BCUT2D eigenvalue weighted by Crippen LogP contribution is -1.98. The fraction of sp³-hybridized carbons (Fsp3) is 0.118. The molecule has 0 amide bonds. The van der Waals surface area contributed by atoms with Crippen molar-refractivity contribution in [3.63, 3.8) is 0 Å². The molecule has 0 bridgehead atoms. The van der Waals surface area contributed by atoms with Crippen molar-refractivity contribution in [1.29, 1.82) is 0 Å². The third-order valence-electron chi connectivity index (χ3n) is 3.30. The van der Waals surface area contributed by atoms with E-state index in [1.54, 1.807) is 31.6 Å². The predicted molar refractivity (Wildman–Crippen MR) is 86.6 cm³/mol. The van der Waals surface area contributed by atoms with Gasteiger partial charge in [0.05, 0.1) is 14.2 Å². The number of fused-ring (bicyclic) bond motifs is 1. The highest BCUT2D eigenvalue weighted by atomic mass is 32.1. The first-order chi connectivity index (χ1) is 10.2. The number of rotatable bonds is 3. The van der Waals surface area contributed by atoms with Crippen LogP contribution in [0, 0.1) is 0 Å². The Hall–Kier alpha value is -2.33. The maximum absolute atomic E-state index is 12.2. The molecule has 3 rings (SSSR count). The zero-order valence-electron chi connectivity index (χ0n) is 11.8. The van der Waals surface area contributed by atoms with Crippen molar-refractivity contribution in [1.82, 2.24) is 0 Å². The lowest BCUT2D eigenvalue weighted by atomic mass is 10.1. The van der Waals surface area contributed by atoms with Crippen LogP contribution in [0.25, 0.3) is 20.5 Å². The van der Waals surface area contributed by atoms with Crippen LogP contribution in [-0.2, 0) is 0 Å². The highest BCUT2D eigenvalue weighted by Gasteiger charge is 2.09. The molecule has 0 radical (unpaired) electrons. The van der Waals surface area contributed by atoms with Gasteiger partial charge in [-0.05, 0) is 35.9 Å². The van der Waals surface area contributed by atoms with E-state index in [1.807, 2.05) is 42.5 Å². The molecule has 0 fully saturated rings. The molecule has 0 N–H and O–H groups in total. The van der Waals surface area contributed by atoms with E-state index in [4.69, 9.17) is 9.47 Å². The van der Waals surface area contributed by atoms with Crippen molar-refractivity contribution in [3.05, 3.63) is 58.8 Å². The maximum atomic E-state index is 12.2. The normalized spacial score (nSPS) is 10.6. The molecular formula is C17H14O3S. The summed E-state index contributed by atoms with van der Waals surface area (Å²) in [5.74, 6) is 1.33. The molecule has 0 aliphatic rings. The Morgan fingerprint density at radius 2 is 1.67 bits per heavy atom. The summed E-state index contributed by atoms with van der Waals surface area (Å²) in [5, 5.41) is 0.756. The largest absolute Gasteiger partial charge is 0.493 e. The van der Waals surface area contributed by atoms with Gasteiger partial charge in [0.2, 0.25) is 0 Å². The molecule has 4 heteroatoms. The molecular weight excluding hydrogens is 284 g/mol. The fourth-order valence-corrected chi connectivity index (χ4v) is 3.31. The molecule has 3 aromatic rings. The average molecular weight is 298 g/mol. The first-order valence-electron chi connectivity index (χ1n) is 6.48. The van der Waals surface area contributed by atoms with Crippen LogP contribution in [0.15, 0.2) is 53.3 Å². The third-order valence-corrected chi connectivity index (χ3v) is 4.45. The van der Waals surface area contributed by atoms with Crippen molar-refractivity contribution in [3.8, 4) is 21.9 Å². The van der Waals surface area contributed by atoms with Crippen molar-refractivity contribution in [2.45, 2.75) is 0 Å². The Morgan fingerprint density at radius 3 is 2.43 bits per heavy atom. The average Bonchev–Trinajstić information content (AvgIpc) is 2.54. The maximum Gasteiger partial charge on any atom is 0.188 e. The molecule has 2 aromatic carbocycles. The van der Waals surface area contributed by atoms with E-state index >= 15 is 0 Å². The molecule has 1 heterocycles. The summed E-state index contributed by atoms with van der Waals surface area (Å²) >= 11 is 1.59. The van der Waals surface area contributed by atoms with Gasteiger partial charge in [-0.1, -0.05) is 12.1 Å². The number of ether oxygens (including phenoxy) is 2. The van der Waals surface area contributed by atoms with E-state index in [-0.39, 0.29) is 5.43 Å². The Bertz CT molecular complexity index is 852. The van der Waals surface area contributed by atoms with Crippen LogP contribution in [0.1, 0.15) is 0 Å². The summed E-state index contributed by atoms with van der Waals surface area (Å²) in [6, 6.07) is 15.0. The second-order valence-corrected chi connectivity index (χ2v) is 5.62. The molecule has 0 saturated heterocycles. The van der Waals surface area contributed by atoms with Gasteiger partial charge in [0, 0.05) is 21.0 Å². The molecule has 106 valence electrons. The standard InChI is InChI=1S/C17H14O3S/c1-19-14-8-7-11(9-15(14)20-2)17-10-13(18)12-5-3-4-6-16(12)21-17/h3-10H,1-2H3. The molecule has 0 saturated carbocycles. The SMILES string of the molecule is COc1ccc(-c2cc(=O)c3ccccc3s2)cc1OC.